The molecule has 0 aromatic heterocycles. The van der Waals surface area contributed by atoms with E-state index in [4.69, 9.17) is 0 Å². The first-order valence-corrected chi connectivity index (χ1v) is 6.38. The largest absolute Gasteiger partial charge is 0.348 e. The number of carbonyl (C=O) groups is 1. The summed E-state index contributed by atoms with van der Waals surface area (Å²) in [4.78, 5) is 12.0. The average Bonchev–Trinajstić information content (AvgIpc) is 2.35. The zero-order chi connectivity index (χ0) is 13.1. The molecule has 1 heterocycles. The Bertz CT molecular complexity index is 447. The lowest BCUT2D eigenvalue weighted by Gasteiger charge is -2.30. The zero-order valence-electron chi connectivity index (χ0n) is 10.8. The van der Waals surface area contributed by atoms with Crippen LogP contribution in [0.3, 0.4) is 0 Å². The highest BCUT2D eigenvalue weighted by atomic mass is 19.1. The molecule has 2 N–H and O–H groups in total. The van der Waals surface area contributed by atoms with Gasteiger partial charge in [0.1, 0.15) is 5.82 Å². The fourth-order valence-electron chi connectivity index (χ4n) is 2.23. The lowest BCUT2D eigenvalue weighted by molar-refractivity contribution is 0.0919. The molecule has 0 radical (unpaired) electrons. The van der Waals surface area contributed by atoms with Gasteiger partial charge in [0, 0.05) is 17.6 Å². The van der Waals surface area contributed by atoms with Gasteiger partial charge in [0.15, 0.2) is 0 Å². The third-order valence-corrected chi connectivity index (χ3v) is 3.51. The van der Waals surface area contributed by atoms with E-state index in [9.17, 15) is 9.18 Å². The van der Waals surface area contributed by atoms with Crippen molar-refractivity contribution in [1.29, 1.82) is 0 Å². The average molecular weight is 250 g/mol. The molecule has 2 rings (SSSR count). The molecule has 1 saturated heterocycles. The molecule has 98 valence electrons. The maximum absolute atomic E-state index is 13.4. The van der Waals surface area contributed by atoms with E-state index in [0.29, 0.717) is 11.1 Å². The minimum atomic E-state index is -0.336. The Morgan fingerprint density at radius 3 is 2.94 bits per heavy atom. The minimum absolute atomic E-state index is 0.121. The third kappa shape index (κ3) is 2.88. The van der Waals surface area contributed by atoms with Gasteiger partial charge < -0.3 is 10.6 Å². The second-order valence-corrected chi connectivity index (χ2v) is 4.93. The van der Waals surface area contributed by atoms with Crippen molar-refractivity contribution in [2.75, 3.05) is 6.54 Å². The monoisotopic (exact) mass is 250 g/mol. The van der Waals surface area contributed by atoms with E-state index in [1.807, 2.05) is 0 Å². The molecule has 1 aliphatic heterocycles. The van der Waals surface area contributed by atoms with Crippen LogP contribution in [0.1, 0.15) is 35.7 Å². The topological polar surface area (TPSA) is 41.1 Å². The smallest absolute Gasteiger partial charge is 0.251 e. The number of hydrogen-bond donors (Lipinski definition) is 2. The summed E-state index contributed by atoms with van der Waals surface area (Å²) in [7, 11) is 0. The molecule has 1 amide bonds. The summed E-state index contributed by atoms with van der Waals surface area (Å²) in [6, 6.07) is 4.97. The fourth-order valence-corrected chi connectivity index (χ4v) is 2.23. The predicted molar refractivity (Wildman–Crippen MR) is 69.1 cm³/mol. The summed E-state index contributed by atoms with van der Waals surface area (Å²) >= 11 is 0. The molecular formula is C14H19FN2O. The molecule has 0 bridgehead atoms. The molecule has 18 heavy (non-hydrogen) atoms. The Morgan fingerprint density at radius 2 is 2.28 bits per heavy atom. The number of piperidine rings is 1. The quantitative estimate of drug-likeness (QED) is 0.843. The standard InChI is InChI=1S/C14H19FN2O/c1-9-5-6-11(8-12(9)15)14(18)17-13-4-3-7-16-10(13)2/h5-6,8,10,13,16H,3-4,7H2,1-2H3,(H,17,18)/t10-,13-/m1/s1. The Labute approximate surface area is 107 Å². The first-order chi connectivity index (χ1) is 8.58. The van der Waals surface area contributed by atoms with Crippen LogP contribution < -0.4 is 10.6 Å². The van der Waals surface area contributed by atoms with Crippen LogP contribution in [-0.4, -0.2) is 24.5 Å². The van der Waals surface area contributed by atoms with E-state index in [1.165, 1.54) is 6.07 Å². The van der Waals surface area contributed by atoms with Crippen molar-refractivity contribution >= 4 is 5.91 Å². The summed E-state index contributed by atoms with van der Waals surface area (Å²) in [6.45, 7) is 4.73. The Kier molecular flexibility index (Phi) is 3.97. The second-order valence-electron chi connectivity index (χ2n) is 4.93. The van der Waals surface area contributed by atoms with Crippen LogP contribution in [0.15, 0.2) is 18.2 Å². The number of carbonyl (C=O) groups excluding carboxylic acids is 1. The van der Waals surface area contributed by atoms with Gasteiger partial charge in [-0.05, 0) is 50.9 Å². The van der Waals surface area contributed by atoms with Crippen LogP contribution in [-0.2, 0) is 0 Å². The molecular weight excluding hydrogens is 231 g/mol. The third-order valence-electron chi connectivity index (χ3n) is 3.51. The summed E-state index contributed by atoms with van der Waals surface area (Å²) in [5, 5.41) is 6.28. The van der Waals surface area contributed by atoms with Gasteiger partial charge in [-0.3, -0.25) is 4.79 Å². The maximum Gasteiger partial charge on any atom is 0.251 e. The Hall–Kier alpha value is -1.42. The number of hydrogen-bond acceptors (Lipinski definition) is 2. The Balaban J connectivity index is 2.04. The molecule has 0 saturated carbocycles. The van der Waals surface area contributed by atoms with Crippen molar-refractivity contribution < 1.29 is 9.18 Å². The van der Waals surface area contributed by atoms with Gasteiger partial charge in [0.2, 0.25) is 0 Å². The molecule has 1 aliphatic rings. The van der Waals surface area contributed by atoms with Gasteiger partial charge in [-0.1, -0.05) is 6.07 Å². The highest BCUT2D eigenvalue weighted by Gasteiger charge is 2.22. The van der Waals surface area contributed by atoms with Crippen LogP contribution in [0.25, 0.3) is 0 Å². The molecule has 0 aliphatic carbocycles. The van der Waals surface area contributed by atoms with Crippen LogP contribution in [0.5, 0.6) is 0 Å². The molecule has 4 heteroatoms. The van der Waals surface area contributed by atoms with Crippen LogP contribution in [0.4, 0.5) is 4.39 Å². The summed E-state index contributed by atoms with van der Waals surface area (Å²) < 4.78 is 13.4. The summed E-state index contributed by atoms with van der Waals surface area (Å²) in [6.07, 6.45) is 2.02. The van der Waals surface area contributed by atoms with Crippen molar-refractivity contribution in [2.45, 2.75) is 38.8 Å². The predicted octanol–water partition coefficient (Wildman–Crippen LogP) is 2.00. The SMILES string of the molecule is Cc1ccc(C(=O)N[C@@H]2CCCN[C@@H]2C)cc1F. The van der Waals surface area contributed by atoms with Gasteiger partial charge in [0.25, 0.3) is 5.91 Å². The highest BCUT2D eigenvalue weighted by molar-refractivity contribution is 5.94. The Morgan fingerprint density at radius 1 is 1.50 bits per heavy atom. The molecule has 0 unspecified atom stereocenters. The second kappa shape index (κ2) is 5.48. The van der Waals surface area contributed by atoms with Crippen molar-refractivity contribution in [3.05, 3.63) is 35.1 Å². The molecule has 1 aromatic carbocycles. The van der Waals surface area contributed by atoms with E-state index >= 15 is 0 Å². The van der Waals surface area contributed by atoms with Crippen molar-refractivity contribution in [2.24, 2.45) is 0 Å². The van der Waals surface area contributed by atoms with E-state index in [0.717, 1.165) is 19.4 Å². The molecule has 1 aromatic rings. The van der Waals surface area contributed by atoms with Gasteiger partial charge >= 0.3 is 0 Å². The van der Waals surface area contributed by atoms with Crippen LogP contribution in [0.2, 0.25) is 0 Å². The van der Waals surface area contributed by atoms with E-state index < -0.39 is 0 Å². The first-order valence-electron chi connectivity index (χ1n) is 6.38. The van der Waals surface area contributed by atoms with Crippen molar-refractivity contribution in [3.63, 3.8) is 0 Å². The zero-order valence-corrected chi connectivity index (χ0v) is 10.8. The minimum Gasteiger partial charge on any atom is -0.348 e. The highest BCUT2D eigenvalue weighted by Crippen LogP contribution is 2.12. The van der Waals surface area contributed by atoms with E-state index in [-0.39, 0.29) is 23.8 Å². The van der Waals surface area contributed by atoms with Crippen molar-refractivity contribution in [1.82, 2.24) is 10.6 Å². The van der Waals surface area contributed by atoms with Crippen LogP contribution in [0, 0.1) is 12.7 Å². The summed E-state index contributed by atoms with van der Waals surface area (Å²) in [5.41, 5.74) is 0.940. The van der Waals surface area contributed by atoms with Gasteiger partial charge in [-0.25, -0.2) is 4.39 Å². The molecule has 3 nitrogen and oxygen atoms in total. The van der Waals surface area contributed by atoms with Crippen molar-refractivity contribution in [3.8, 4) is 0 Å². The number of benzene rings is 1. The van der Waals surface area contributed by atoms with E-state index in [1.54, 1.807) is 19.1 Å². The fraction of sp³-hybridized carbons (Fsp3) is 0.500. The number of halogens is 1. The first kappa shape index (κ1) is 13.0. The normalized spacial score (nSPS) is 23.7. The van der Waals surface area contributed by atoms with Gasteiger partial charge in [-0.15, -0.1) is 0 Å². The summed E-state index contributed by atoms with van der Waals surface area (Å²) in [5.74, 6) is -0.535. The van der Waals surface area contributed by atoms with E-state index in [2.05, 4.69) is 17.6 Å². The molecule has 1 fully saturated rings. The number of amides is 1. The molecule has 2 atom stereocenters. The maximum atomic E-state index is 13.4. The number of rotatable bonds is 2. The van der Waals surface area contributed by atoms with Gasteiger partial charge in [-0.2, -0.15) is 0 Å². The lowest BCUT2D eigenvalue weighted by Crippen LogP contribution is -2.51. The van der Waals surface area contributed by atoms with Gasteiger partial charge in [0.05, 0.1) is 0 Å². The van der Waals surface area contributed by atoms with Crippen LogP contribution >= 0.6 is 0 Å². The number of nitrogens with one attached hydrogen (secondary N) is 2. The number of aryl methyl sites for hydroxylation is 1. The molecule has 0 spiro atoms. The lowest BCUT2D eigenvalue weighted by atomic mass is 9.99.